The predicted octanol–water partition coefficient (Wildman–Crippen LogP) is 5.29. The van der Waals surface area contributed by atoms with Crippen molar-refractivity contribution in [1.29, 1.82) is 0 Å². The van der Waals surface area contributed by atoms with E-state index in [0.29, 0.717) is 6.54 Å². The molecule has 0 atom stereocenters. The van der Waals surface area contributed by atoms with Crippen LogP contribution < -0.4 is 10.2 Å². The van der Waals surface area contributed by atoms with Crippen molar-refractivity contribution in [3.05, 3.63) is 58.7 Å². The zero-order valence-corrected chi connectivity index (χ0v) is 18.1. The lowest BCUT2D eigenvalue weighted by Crippen LogP contribution is -2.32. The minimum absolute atomic E-state index is 0.0588. The van der Waals surface area contributed by atoms with Crippen LogP contribution in [-0.4, -0.2) is 18.4 Å². The Kier molecular flexibility index (Phi) is 6.65. The molecule has 2 rings (SSSR count). The van der Waals surface area contributed by atoms with Crippen molar-refractivity contribution >= 4 is 23.2 Å². The molecule has 0 fully saturated rings. The maximum absolute atomic E-state index is 12.5. The number of anilines is 2. The van der Waals surface area contributed by atoms with Crippen molar-refractivity contribution in [1.82, 2.24) is 0 Å². The fourth-order valence-corrected chi connectivity index (χ4v) is 3.40. The van der Waals surface area contributed by atoms with Gasteiger partial charge in [-0.25, -0.2) is 0 Å². The van der Waals surface area contributed by atoms with Crippen molar-refractivity contribution < 1.29 is 9.59 Å². The Morgan fingerprint density at radius 1 is 0.964 bits per heavy atom. The number of amides is 2. The van der Waals surface area contributed by atoms with E-state index < -0.39 is 0 Å². The molecule has 2 aromatic carbocycles. The van der Waals surface area contributed by atoms with E-state index in [4.69, 9.17) is 0 Å². The minimum atomic E-state index is -0.0902. The first-order chi connectivity index (χ1) is 13.0. The van der Waals surface area contributed by atoms with E-state index in [9.17, 15) is 9.59 Å². The molecule has 28 heavy (non-hydrogen) atoms. The number of benzene rings is 2. The maximum atomic E-state index is 12.5. The highest BCUT2D eigenvalue weighted by atomic mass is 16.2. The lowest BCUT2D eigenvalue weighted by atomic mass is 9.87. The van der Waals surface area contributed by atoms with Gasteiger partial charge in [0.15, 0.2) is 0 Å². The Hall–Kier alpha value is -2.62. The van der Waals surface area contributed by atoms with Crippen LogP contribution in [0.15, 0.2) is 36.4 Å². The van der Waals surface area contributed by atoms with Gasteiger partial charge in [0, 0.05) is 31.3 Å². The molecule has 2 aromatic rings. The van der Waals surface area contributed by atoms with E-state index >= 15 is 0 Å². The molecule has 0 bridgehead atoms. The Morgan fingerprint density at radius 3 is 1.96 bits per heavy atom. The third-order valence-corrected chi connectivity index (χ3v) is 4.93. The van der Waals surface area contributed by atoms with E-state index in [1.165, 1.54) is 18.1 Å². The number of carbonyl (C=O) groups excluding carboxylic acids is 2. The minimum Gasteiger partial charge on any atom is -0.326 e. The van der Waals surface area contributed by atoms with Gasteiger partial charge < -0.3 is 10.2 Å². The topological polar surface area (TPSA) is 49.4 Å². The second kappa shape index (κ2) is 8.59. The van der Waals surface area contributed by atoms with Crippen LogP contribution in [0.3, 0.4) is 0 Å². The van der Waals surface area contributed by atoms with Crippen LogP contribution in [0.25, 0.3) is 0 Å². The third kappa shape index (κ3) is 5.44. The van der Waals surface area contributed by atoms with Gasteiger partial charge in [-0.3, -0.25) is 9.59 Å². The summed E-state index contributed by atoms with van der Waals surface area (Å²) in [4.78, 5) is 26.3. The molecule has 4 heteroatoms. The lowest BCUT2D eigenvalue weighted by Gasteiger charge is -2.24. The molecule has 1 N–H and O–H groups in total. The van der Waals surface area contributed by atoms with Crippen LogP contribution in [0, 0.1) is 20.8 Å². The molecular weight excluding hydrogens is 348 g/mol. The first-order valence-electron chi connectivity index (χ1n) is 9.75. The Balaban J connectivity index is 2.07. The summed E-state index contributed by atoms with van der Waals surface area (Å²) in [5, 5.41) is 3.00. The number of carbonyl (C=O) groups is 2. The van der Waals surface area contributed by atoms with Crippen molar-refractivity contribution in [2.45, 2.75) is 60.3 Å². The molecule has 150 valence electrons. The monoisotopic (exact) mass is 380 g/mol. The molecular formula is C24H32N2O2. The van der Waals surface area contributed by atoms with Crippen molar-refractivity contribution in [2.24, 2.45) is 0 Å². The largest absolute Gasteiger partial charge is 0.326 e. The first kappa shape index (κ1) is 21.7. The van der Waals surface area contributed by atoms with E-state index in [0.717, 1.165) is 22.5 Å². The van der Waals surface area contributed by atoms with Crippen LogP contribution in [0.5, 0.6) is 0 Å². The summed E-state index contributed by atoms with van der Waals surface area (Å²) in [7, 11) is 0. The van der Waals surface area contributed by atoms with E-state index in [1.807, 2.05) is 45.0 Å². The van der Waals surface area contributed by atoms with Gasteiger partial charge in [-0.15, -0.1) is 0 Å². The van der Waals surface area contributed by atoms with Gasteiger partial charge in [0.1, 0.15) is 0 Å². The fourth-order valence-electron chi connectivity index (χ4n) is 3.40. The summed E-state index contributed by atoms with van der Waals surface area (Å²) in [5.41, 5.74) is 6.22. The molecule has 0 unspecified atom stereocenters. The number of aryl methyl sites for hydroxylation is 3. The second-order valence-corrected chi connectivity index (χ2v) is 8.54. The fraction of sp³-hybridized carbons (Fsp3) is 0.417. The standard InChI is InChI=1S/C24H32N2O2/c1-16-14-17(2)23(18(3)15-16)25-22(28)12-13-26(19(4)27)21-10-8-20(9-11-21)24(5,6)7/h8-11,14-15H,12-13H2,1-7H3,(H,25,28). The highest BCUT2D eigenvalue weighted by Crippen LogP contribution is 2.25. The number of nitrogens with one attached hydrogen (secondary N) is 1. The van der Waals surface area contributed by atoms with Crippen molar-refractivity contribution in [2.75, 3.05) is 16.8 Å². The quantitative estimate of drug-likeness (QED) is 0.766. The van der Waals surface area contributed by atoms with Crippen molar-refractivity contribution in [3.8, 4) is 0 Å². The van der Waals surface area contributed by atoms with Crippen LogP contribution in [-0.2, 0) is 15.0 Å². The summed E-state index contributed by atoms with van der Waals surface area (Å²) >= 11 is 0. The summed E-state index contributed by atoms with van der Waals surface area (Å²) in [6, 6.07) is 12.1. The van der Waals surface area contributed by atoms with Gasteiger partial charge in [-0.2, -0.15) is 0 Å². The molecule has 0 aromatic heterocycles. The maximum Gasteiger partial charge on any atom is 0.226 e. The van der Waals surface area contributed by atoms with Gasteiger partial charge in [0.05, 0.1) is 0 Å². The number of hydrogen-bond donors (Lipinski definition) is 1. The second-order valence-electron chi connectivity index (χ2n) is 8.54. The van der Waals surface area contributed by atoms with Gasteiger partial charge in [-0.05, 0) is 55.0 Å². The van der Waals surface area contributed by atoms with Crippen LogP contribution in [0.1, 0.15) is 56.4 Å². The summed E-state index contributed by atoms with van der Waals surface area (Å²) in [5.74, 6) is -0.161. The molecule has 0 aliphatic carbocycles. The number of nitrogens with zero attached hydrogens (tertiary/aromatic N) is 1. The van der Waals surface area contributed by atoms with Gasteiger partial charge in [0.25, 0.3) is 0 Å². The first-order valence-corrected chi connectivity index (χ1v) is 9.75. The van der Waals surface area contributed by atoms with E-state index in [-0.39, 0.29) is 23.7 Å². The molecule has 2 amide bonds. The molecule has 4 nitrogen and oxygen atoms in total. The Bertz CT molecular complexity index is 838. The molecule has 0 aliphatic heterocycles. The normalized spacial score (nSPS) is 11.2. The highest BCUT2D eigenvalue weighted by molar-refractivity contribution is 5.95. The van der Waals surface area contributed by atoms with Crippen LogP contribution in [0.4, 0.5) is 11.4 Å². The molecule has 0 saturated carbocycles. The molecule has 0 saturated heterocycles. The highest BCUT2D eigenvalue weighted by Gasteiger charge is 2.17. The Morgan fingerprint density at radius 2 is 1.50 bits per heavy atom. The lowest BCUT2D eigenvalue weighted by molar-refractivity contribution is -0.117. The number of hydrogen-bond acceptors (Lipinski definition) is 2. The predicted molar refractivity (Wildman–Crippen MR) is 117 cm³/mol. The zero-order chi connectivity index (χ0) is 21.1. The van der Waals surface area contributed by atoms with Crippen LogP contribution >= 0.6 is 0 Å². The zero-order valence-electron chi connectivity index (χ0n) is 18.1. The summed E-state index contributed by atoms with van der Waals surface area (Å²) < 4.78 is 0. The summed E-state index contributed by atoms with van der Waals surface area (Å²) in [6.45, 7) is 14.4. The van der Waals surface area contributed by atoms with Gasteiger partial charge >= 0.3 is 0 Å². The van der Waals surface area contributed by atoms with Crippen LogP contribution in [0.2, 0.25) is 0 Å². The Labute approximate surface area is 169 Å². The smallest absolute Gasteiger partial charge is 0.226 e. The molecule has 0 aliphatic rings. The van der Waals surface area contributed by atoms with E-state index in [1.54, 1.807) is 4.90 Å². The molecule has 0 heterocycles. The molecule has 0 radical (unpaired) electrons. The van der Waals surface area contributed by atoms with E-state index in [2.05, 4.69) is 38.2 Å². The SMILES string of the molecule is CC(=O)N(CCC(=O)Nc1c(C)cc(C)cc1C)c1ccc(C(C)(C)C)cc1. The van der Waals surface area contributed by atoms with Gasteiger partial charge in [-0.1, -0.05) is 50.6 Å². The third-order valence-electron chi connectivity index (χ3n) is 4.93. The van der Waals surface area contributed by atoms with Crippen molar-refractivity contribution in [3.63, 3.8) is 0 Å². The number of rotatable bonds is 5. The molecule has 0 spiro atoms. The summed E-state index contributed by atoms with van der Waals surface area (Å²) in [6.07, 6.45) is 0.243. The average Bonchev–Trinajstić information content (AvgIpc) is 2.57. The average molecular weight is 381 g/mol. The van der Waals surface area contributed by atoms with Gasteiger partial charge in [0.2, 0.25) is 11.8 Å².